The lowest BCUT2D eigenvalue weighted by atomic mass is 9.96. The number of nitrogens with one attached hydrogen (secondary N) is 1. The highest BCUT2D eigenvalue weighted by atomic mass is 19.4. The topological polar surface area (TPSA) is 12.0 Å². The smallest absolute Gasteiger partial charge is 0.314 e. The second-order valence-corrected chi connectivity index (χ2v) is 5.36. The van der Waals surface area contributed by atoms with Gasteiger partial charge in [-0.15, -0.1) is 0 Å². The molecule has 0 amide bonds. The van der Waals surface area contributed by atoms with Crippen LogP contribution in [0.3, 0.4) is 0 Å². The van der Waals surface area contributed by atoms with Gasteiger partial charge >= 0.3 is 6.18 Å². The van der Waals surface area contributed by atoms with Crippen molar-refractivity contribution in [2.75, 3.05) is 6.54 Å². The second kappa shape index (κ2) is 5.95. The van der Waals surface area contributed by atoms with Gasteiger partial charge in [0.05, 0.1) is 5.56 Å². The van der Waals surface area contributed by atoms with Crippen LogP contribution in [-0.2, 0) is 12.6 Å². The molecule has 106 valence electrons. The summed E-state index contributed by atoms with van der Waals surface area (Å²) in [6.45, 7) is 3.09. The molecule has 19 heavy (non-hydrogen) atoms. The van der Waals surface area contributed by atoms with E-state index in [1.54, 1.807) is 12.1 Å². The van der Waals surface area contributed by atoms with Gasteiger partial charge in [-0.05, 0) is 49.4 Å². The van der Waals surface area contributed by atoms with Gasteiger partial charge in [0.2, 0.25) is 0 Å². The van der Waals surface area contributed by atoms with Crippen LogP contribution in [0.25, 0.3) is 0 Å². The average Bonchev–Trinajstić information content (AvgIpc) is 3.18. The van der Waals surface area contributed by atoms with Crippen molar-refractivity contribution in [3.05, 3.63) is 35.4 Å². The predicted molar refractivity (Wildman–Crippen MR) is 70.0 cm³/mol. The monoisotopic (exact) mass is 271 g/mol. The van der Waals surface area contributed by atoms with Crippen molar-refractivity contribution in [3.63, 3.8) is 0 Å². The molecule has 1 nitrogen and oxygen atoms in total. The summed E-state index contributed by atoms with van der Waals surface area (Å²) >= 11 is 0. The third-order valence-electron chi connectivity index (χ3n) is 3.66. The van der Waals surface area contributed by atoms with E-state index in [1.807, 2.05) is 0 Å². The molecule has 0 bridgehead atoms. The van der Waals surface area contributed by atoms with E-state index in [-0.39, 0.29) is 0 Å². The quantitative estimate of drug-likeness (QED) is 0.823. The van der Waals surface area contributed by atoms with Gasteiger partial charge in [-0.25, -0.2) is 0 Å². The van der Waals surface area contributed by atoms with E-state index < -0.39 is 11.7 Å². The molecule has 1 unspecified atom stereocenters. The zero-order chi connectivity index (χ0) is 13.9. The number of rotatable bonds is 6. The lowest BCUT2D eigenvalue weighted by molar-refractivity contribution is -0.137. The highest BCUT2D eigenvalue weighted by molar-refractivity contribution is 5.24. The zero-order valence-corrected chi connectivity index (χ0v) is 11.1. The fraction of sp³-hybridized carbons (Fsp3) is 0.600. The SMILES string of the molecule is CCC(CNC1CC1)Cc1ccc(C(F)(F)F)cc1. The molecule has 1 aliphatic rings. The number of halogens is 3. The Balaban J connectivity index is 1.89. The van der Waals surface area contributed by atoms with Gasteiger partial charge < -0.3 is 5.32 Å². The molecule has 1 aromatic carbocycles. The molecule has 4 heteroatoms. The Kier molecular flexibility index (Phi) is 4.50. The van der Waals surface area contributed by atoms with Crippen LogP contribution in [0.4, 0.5) is 13.2 Å². The molecule has 1 aromatic rings. The van der Waals surface area contributed by atoms with Crippen LogP contribution >= 0.6 is 0 Å². The molecule has 1 N–H and O–H groups in total. The van der Waals surface area contributed by atoms with Gasteiger partial charge in [-0.2, -0.15) is 13.2 Å². The average molecular weight is 271 g/mol. The van der Waals surface area contributed by atoms with Crippen LogP contribution in [0.15, 0.2) is 24.3 Å². The fourth-order valence-corrected chi connectivity index (χ4v) is 2.14. The minimum atomic E-state index is -4.24. The van der Waals surface area contributed by atoms with E-state index >= 15 is 0 Å². The number of alkyl halides is 3. The van der Waals surface area contributed by atoms with Crippen molar-refractivity contribution < 1.29 is 13.2 Å². The Morgan fingerprint density at radius 3 is 2.32 bits per heavy atom. The van der Waals surface area contributed by atoms with E-state index in [0.717, 1.165) is 24.9 Å². The maximum Gasteiger partial charge on any atom is 0.416 e. The van der Waals surface area contributed by atoms with Gasteiger partial charge in [-0.3, -0.25) is 0 Å². The van der Waals surface area contributed by atoms with Crippen LogP contribution in [0.1, 0.15) is 37.3 Å². The summed E-state index contributed by atoms with van der Waals surface area (Å²) in [5, 5.41) is 3.48. The molecule has 0 spiro atoms. The van der Waals surface area contributed by atoms with Crippen molar-refractivity contribution in [1.29, 1.82) is 0 Å². The molecular weight excluding hydrogens is 251 g/mol. The highest BCUT2D eigenvalue weighted by Gasteiger charge is 2.30. The molecule has 0 aliphatic heterocycles. The standard InChI is InChI=1S/C15H20F3N/c1-2-11(10-19-14-7-8-14)9-12-3-5-13(6-4-12)15(16,17)18/h3-6,11,14,19H,2,7-10H2,1H3. The molecule has 0 aromatic heterocycles. The van der Waals surface area contributed by atoms with Gasteiger partial charge in [0, 0.05) is 6.04 Å². The Morgan fingerprint density at radius 1 is 1.21 bits per heavy atom. The van der Waals surface area contributed by atoms with Crippen molar-refractivity contribution in [2.24, 2.45) is 5.92 Å². The molecule has 0 saturated heterocycles. The van der Waals surface area contributed by atoms with Crippen LogP contribution in [0.2, 0.25) is 0 Å². The summed E-state index contributed by atoms with van der Waals surface area (Å²) in [5.74, 6) is 0.498. The normalized spacial score (nSPS) is 17.5. The fourth-order valence-electron chi connectivity index (χ4n) is 2.14. The number of hydrogen-bond donors (Lipinski definition) is 1. The van der Waals surface area contributed by atoms with Gasteiger partial charge in [-0.1, -0.05) is 25.5 Å². The lowest BCUT2D eigenvalue weighted by Crippen LogP contribution is -2.25. The number of hydrogen-bond acceptors (Lipinski definition) is 1. The third-order valence-corrected chi connectivity index (χ3v) is 3.66. The van der Waals surface area contributed by atoms with E-state index in [9.17, 15) is 13.2 Å². The molecule has 1 fully saturated rings. The van der Waals surface area contributed by atoms with Crippen LogP contribution < -0.4 is 5.32 Å². The van der Waals surface area contributed by atoms with E-state index in [2.05, 4.69) is 12.2 Å². The highest BCUT2D eigenvalue weighted by Crippen LogP contribution is 2.29. The van der Waals surface area contributed by atoms with Crippen molar-refractivity contribution in [2.45, 2.75) is 44.8 Å². The maximum atomic E-state index is 12.5. The van der Waals surface area contributed by atoms with Crippen molar-refractivity contribution in [3.8, 4) is 0 Å². The summed E-state index contributed by atoms with van der Waals surface area (Å²) in [4.78, 5) is 0. The van der Waals surface area contributed by atoms with E-state index in [4.69, 9.17) is 0 Å². The molecule has 0 radical (unpaired) electrons. The number of benzene rings is 1. The Hall–Kier alpha value is -1.03. The summed E-state index contributed by atoms with van der Waals surface area (Å²) in [7, 11) is 0. The molecule has 1 saturated carbocycles. The minimum Gasteiger partial charge on any atom is -0.314 e. The second-order valence-electron chi connectivity index (χ2n) is 5.36. The Labute approximate surface area is 112 Å². The molecule has 2 rings (SSSR count). The summed E-state index contributed by atoms with van der Waals surface area (Å²) in [6.07, 6.45) is 0.165. The van der Waals surface area contributed by atoms with Crippen LogP contribution in [0, 0.1) is 5.92 Å². The van der Waals surface area contributed by atoms with Gasteiger partial charge in [0.15, 0.2) is 0 Å². The lowest BCUT2D eigenvalue weighted by Gasteiger charge is -2.16. The predicted octanol–water partition coefficient (Wildman–Crippen LogP) is 4.03. The van der Waals surface area contributed by atoms with E-state index in [0.29, 0.717) is 12.0 Å². The Morgan fingerprint density at radius 2 is 1.84 bits per heavy atom. The maximum absolute atomic E-state index is 12.5. The summed E-state index contributed by atoms with van der Waals surface area (Å²) < 4.78 is 37.4. The van der Waals surface area contributed by atoms with Crippen molar-refractivity contribution in [1.82, 2.24) is 5.32 Å². The summed E-state index contributed by atoms with van der Waals surface area (Å²) in [5.41, 5.74) is 0.415. The summed E-state index contributed by atoms with van der Waals surface area (Å²) in [6, 6.07) is 6.24. The Bertz CT molecular complexity index is 393. The zero-order valence-electron chi connectivity index (χ0n) is 11.1. The van der Waals surface area contributed by atoms with Crippen LogP contribution in [-0.4, -0.2) is 12.6 Å². The molecule has 1 atom stereocenters. The first-order chi connectivity index (χ1) is 8.99. The van der Waals surface area contributed by atoms with Gasteiger partial charge in [0.1, 0.15) is 0 Å². The third kappa shape index (κ3) is 4.53. The molecular formula is C15H20F3N. The van der Waals surface area contributed by atoms with E-state index in [1.165, 1.54) is 25.0 Å². The molecule has 1 aliphatic carbocycles. The minimum absolute atomic E-state index is 0.498. The van der Waals surface area contributed by atoms with Crippen LogP contribution in [0.5, 0.6) is 0 Å². The molecule has 0 heterocycles. The largest absolute Gasteiger partial charge is 0.416 e. The first-order valence-electron chi connectivity index (χ1n) is 6.88. The first kappa shape index (κ1) is 14.4. The first-order valence-corrected chi connectivity index (χ1v) is 6.88. The van der Waals surface area contributed by atoms with Crippen molar-refractivity contribution >= 4 is 0 Å². The van der Waals surface area contributed by atoms with Gasteiger partial charge in [0.25, 0.3) is 0 Å².